The third-order valence-electron chi connectivity index (χ3n) is 3.83. The Balaban J connectivity index is 1.69. The molecule has 0 atom stereocenters. The SMILES string of the molecule is CC(=O)c1ccc(CNC(=O)c2ccc3ccccc3c2)cc1. The molecule has 0 aliphatic rings. The number of benzene rings is 3. The Bertz CT molecular complexity index is 866. The zero-order valence-electron chi connectivity index (χ0n) is 12.9. The first-order chi connectivity index (χ1) is 11.1. The fraction of sp³-hybridized carbons (Fsp3) is 0.100. The van der Waals surface area contributed by atoms with E-state index in [-0.39, 0.29) is 11.7 Å². The van der Waals surface area contributed by atoms with E-state index in [1.807, 2.05) is 54.6 Å². The van der Waals surface area contributed by atoms with Crippen molar-refractivity contribution in [2.24, 2.45) is 0 Å². The lowest BCUT2D eigenvalue weighted by molar-refractivity contribution is 0.0949. The van der Waals surface area contributed by atoms with Crippen molar-refractivity contribution in [3.05, 3.63) is 83.4 Å². The predicted octanol–water partition coefficient (Wildman–Crippen LogP) is 3.97. The second-order valence-corrected chi connectivity index (χ2v) is 5.50. The lowest BCUT2D eigenvalue weighted by Crippen LogP contribution is -2.22. The molecule has 0 saturated carbocycles. The first-order valence-corrected chi connectivity index (χ1v) is 7.50. The molecule has 23 heavy (non-hydrogen) atoms. The van der Waals surface area contributed by atoms with Crippen molar-refractivity contribution >= 4 is 22.5 Å². The number of hydrogen-bond acceptors (Lipinski definition) is 2. The molecule has 1 amide bonds. The molecule has 1 N–H and O–H groups in total. The van der Waals surface area contributed by atoms with E-state index in [0.29, 0.717) is 17.7 Å². The van der Waals surface area contributed by atoms with Crippen LogP contribution in [0, 0.1) is 0 Å². The van der Waals surface area contributed by atoms with Gasteiger partial charge in [0, 0.05) is 17.7 Å². The van der Waals surface area contributed by atoms with Crippen molar-refractivity contribution in [1.82, 2.24) is 5.32 Å². The zero-order chi connectivity index (χ0) is 16.2. The van der Waals surface area contributed by atoms with Gasteiger partial charge in [0.1, 0.15) is 0 Å². The van der Waals surface area contributed by atoms with Crippen molar-refractivity contribution < 1.29 is 9.59 Å². The van der Waals surface area contributed by atoms with Gasteiger partial charge in [-0.25, -0.2) is 0 Å². The molecular weight excluding hydrogens is 286 g/mol. The highest BCUT2D eigenvalue weighted by atomic mass is 16.1. The summed E-state index contributed by atoms with van der Waals surface area (Å²) in [5, 5.41) is 5.07. The van der Waals surface area contributed by atoms with E-state index < -0.39 is 0 Å². The third-order valence-corrected chi connectivity index (χ3v) is 3.83. The van der Waals surface area contributed by atoms with Crippen LogP contribution in [0.4, 0.5) is 0 Å². The number of rotatable bonds is 4. The Labute approximate surface area is 135 Å². The van der Waals surface area contributed by atoms with Gasteiger partial charge < -0.3 is 5.32 Å². The molecule has 3 rings (SSSR count). The Morgan fingerprint density at radius 2 is 1.48 bits per heavy atom. The van der Waals surface area contributed by atoms with E-state index in [1.54, 1.807) is 12.1 Å². The molecule has 0 spiro atoms. The fourth-order valence-electron chi connectivity index (χ4n) is 2.47. The summed E-state index contributed by atoms with van der Waals surface area (Å²) in [6.45, 7) is 1.97. The summed E-state index contributed by atoms with van der Waals surface area (Å²) in [6.07, 6.45) is 0. The number of Topliss-reactive ketones (excluding diaryl/α,β-unsaturated/α-hetero) is 1. The van der Waals surface area contributed by atoms with Gasteiger partial charge in [-0.2, -0.15) is 0 Å². The summed E-state index contributed by atoms with van der Waals surface area (Å²) in [7, 11) is 0. The summed E-state index contributed by atoms with van der Waals surface area (Å²) >= 11 is 0. The molecule has 0 aliphatic carbocycles. The van der Waals surface area contributed by atoms with Crippen LogP contribution in [-0.2, 0) is 6.54 Å². The van der Waals surface area contributed by atoms with Gasteiger partial charge in [0.05, 0.1) is 0 Å². The molecule has 3 heteroatoms. The van der Waals surface area contributed by atoms with Gasteiger partial charge in [-0.05, 0) is 35.4 Å². The second kappa shape index (κ2) is 6.44. The molecule has 0 aliphatic heterocycles. The summed E-state index contributed by atoms with van der Waals surface area (Å²) in [4.78, 5) is 23.5. The van der Waals surface area contributed by atoms with Crippen molar-refractivity contribution in [2.45, 2.75) is 13.5 Å². The Hall–Kier alpha value is -2.94. The van der Waals surface area contributed by atoms with Gasteiger partial charge in [-0.1, -0.05) is 54.6 Å². The molecule has 0 heterocycles. The molecule has 0 fully saturated rings. The third kappa shape index (κ3) is 3.46. The highest BCUT2D eigenvalue weighted by Crippen LogP contribution is 2.15. The lowest BCUT2D eigenvalue weighted by atomic mass is 10.1. The van der Waals surface area contributed by atoms with Crippen LogP contribution in [0.1, 0.15) is 33.2 Å². The minimum absolute atomic E-state index is 0.0387. The number of ketones is 1. The zero-order valence-corrected chi connectivity index (χ0v) is 12.9. The number of carbonyl (C=O) groups is 2. The molecule has 0 bridgehead atoms. The van der Waals surface area contributed by atoms with Gasteiger partial charge in [0.15, 0.2) is 5.78 Å². The second-order valence-electron chi connectivity index (χ2n) is 5.50. The van der Waals surface area contributed by atoms with E-state index in [1.165, 1.54) is 6.92 Å². The molecule has 0 radical (unpaired) electrons. The van der Waals surface area contributed by atoms with E-state index in [4.69, 9.17) is 0 Å². The maximum absolute atomic E-state index is 12.3. The smallest absolute Gasteiger partial charge is 0.251 e. The predicted molar refractivity (Wildman–Crippen MR) is 91.6 cm³/mol. The summed E-state index contributed by atoms with van der Waals surface area (Å²) in [5.74, 6) is -0.0665. The largest absolute Gasteiger partial charge is 0.348 e. The van der Waals surface area contributed by atoms with Crippen molar-refractivity contribution in [3.8, 4) is 0 Å². The average Bonchev–Trinajstić information content (AvgIpc) is 2.59. The number of fused-ring (bicyclic) bond motifs is 1. The van der Waals surface area contributed by atoms with E-state index >= 15 is 0 Å². The quantitative estimate of drug-likeness (QED) is 0.741. The fourth-order valence-corrected chi connectivity index (χ4v) is 2.47. The molecule has 3 aromatic rings. The van der Waals surface area contributed by atoms with Crippen LogP contribution in [-0.4, -0.2) is 11.7 Å². The van der Waals surface area contributed by atoms with Crippen LogP contribution in [0.25, 0.3) is 10.8 Å². The minimum Gasteiger partial charge on any atom is -0.348 e. The number of nitrogens with one attached hydrogen (secondary N) is 1. The van der Waals surface area contributed by atoms with Gasteiger partial charge in [-0.15, -0.1) is 0 Å². The average molecular weight is 303 g/mol. The monoisotopic (exact) mass is 303 g/mol. The number of amides is 1. The van der Waals surface area contributed by atoms with Crippen molar-refractivity contribution in [2.75, 3.05) is 0 Å². The van der Waals surface area contributed by atoms with Gasteiger partial charge in [-0.3, -0.25) is 9.59 Å². The van der Waals surface area contributed by atoms with E-state index in [0.717, 1.165) is 16.3 Å². The summed E-state index contributed by atoms with van der Waals surface area (Å²) < 4.78 is 0. The van der Waals surface area contributed by atoms with E-state index in [2.05, 4.69) is 5.32 Å². The Morgan fingerprint density at radius 3 is 2.17 bits per heavy atom. The summed E-state index contributed by atoms with van der Waals surface area (Å²) in [6, 6.07) is 20.9. The Morgan fingerprint density at radius 1 is 0.826 bits per heavy atom. The maximum atomic E-state index is 12.3. The lowest BCUT2D eigenvalue weighted by Gasteiger charge is -2.07. The van der Waals surface area contributed by atoms with Crippen LogP contribution >= 0.6 is 0 Å². The minimum atomic E-state index is -0.105. The van der Waals surface area contributed by atoms with Crippen molar-refractivity contribution in [1.29, 1.82) is 0 Å². The van der Waals surface area contributed by atoms with Gasteiger partial charge in [0.25, 0.3) is 5.91 Å². The number of carbonyl (C=O) groups excluding carboxylic acids is 2. The molecule has 3 aromatic carbocycles. The molecular formula is C20H17NO2. The Kier molecular flexibility index (Phi) is 4.20. The summed E-state index contributed by atoms with van der Waals surface area (Å²) in [5.41, 5.74) is 2.28. The standard InChI is InChI=1S/C20H17NO2/c1-14(22)16-8-6-15(7-9-16)13-21-20(23)19-11-10-17-4-2-3-5-18(17)12-19/h2-12H,13H2,1H3,(H,21,23). The molecule has 0 saturated heterocycles. The van der Waals surface area contributed by atoms with Crippen LogP contribution in [0.15, 0.2) is 66.7 Å². The molecule has 0 aromatic heterocycles. The molecule has 0 unspecified atom stereocenters. The van der Waals surface area contributed by atoms with Crippen molar-refractivity contribution in [3.63, 3.8) is 0 Å². The first kappa shape index (κ1) is 15.0. The van der Waals surface area contributed by atoms with Gasteiger partial charge >= 0.3 is 0 Å². The molecule has 3 nitrogen and oxygen atoms in total. The van der Waals surface area contributed by atoms with E-state index in [9.17, 15) is 9.59 Å². The van der Waals surface area contributed by atoms with Crippen LogP contribution < -0.4 is 5.32 Å². The van der Waals surface area contributed by atoms with Crippen LogP contribution in [0.2, 0.25) is 0 Å². The maximum Gasteiger partial charge on any atom is 0.251 e. The highest BCUT2D eigenvalue weighted by Gasteiger charge is 2.06. The first-order valence-electron chi connectivity index (χ1n) is 7.50. The highest BCUT2D eigenvalue weighted by molar-refractivity contribution is 5.98. The molecule has 114 valence electrons. The van der Waals surface area contributed by atoms with Gasteiger partial charge in [0.2, 0.25) is 0 Å². The topological polar surface area (TPSA) is 46.2 Å². The van der Waals surface area contributed by atoms with Crippen LogP contribution in [0.3, 0.4) is 0 Å². The normalized spacial score (nSPS) is 10.5. The van der Waals surface area contributed by atoms with Crippen LogP contribution in [0.5, 0.6) is 0 Å². The number of hydrogen-bond donors (Lipinski definition) is 1.